The lowest BCUT2D eigenvalue weighted by Crippen LogP contribution is -2.35. The first-order chi connectivity index (χ1) is 13.1. The van der Waals surface area contributed by atoms with Gasteiger partial charge in [0.25, 0.3) is 10.1 Å². The largest absolute Gasteiger partial charge is 0.299 e. The summed E-state index contributed by atoms with van der Waals surface area (Å²) in [6, 6.07) is 23.4. The van der Waals surface area contributed by atoms with E-state index in [0.717, 1.165) is 20.9 Å². The number of benzene rings is 3. The van der Waals surface area contributed by atoms with E-state index in [0.29, 0.717) is 0 Å². The Morgan fingerprint density at radius 1 is 0.815 bits per heavy atom. The van der Waals surface area contributed by atoms with Crippen LogP contribution in [0, 0.1) is 11.8 Å². The highest BCUT2D eigenvalue weighted by atomic mass is 32.2. The normalized spacial score (nSPS) is 14.4. The molecular weight excluding hydrogens is 376 g/mol. The number of fused-ring (bicyclic) bond motifs is 2. The van der Waals surface area contributed by atoms with Gasteiger partial charge in [-0.25, -0.2) is 4.18 Å². The van der Waals surface area contributed by atoms with Crippen molar-refractivity contribution in [3.05, 3.63) is 90.0 Å². The SMILES string of the molecule is CC#CC1(OS(=O)(=O)c2ccccc2)c2ccccc2Sc2ccccc21. The predicted molar refractivity (Wildman–Crippen MR) is 106 cm³/mol. The van der Waals surface area contributed by atoms with Crippen molar-refractivity contribution in [1.29, 1.82) is 0 Å². The van der Waals surface area contributed by atoms with E-state index in [-0.39, 0.29) is 4.90 Å². The Hall–Kier alpha value is -2.52. The second-order valence-electron chi connectivity index (χ2n) is 6.00. The van der Waals surface area contributed by atoms with Crippen LogP contribution in [0.5, 0.6) is 0 Å². The highest BCUT2D eigenvalue weighted by Gasteiger charge is 2.45. The highest BCUT2D eigenvalue weighted by molar-refractivity contribution is 7.99. The van der Waals surface area contributed by atoms with E-state index in [4.69, 9.17) is 4.18 Å². The molecule has 3 aromatic carbocycles. The van der Waals surface area contributed by atoms with Gasteiger partial charge >= 0.3 is 0 Å². The Balaban J connectivity index is 1.98. The van der Waals surface area contributed by atoms with Gasteiger partial charge in [0.2, 0.25) is 5.60 Å². The van der Waals surface area contributed by atoms with E-state index < -0.39 is 15.7 Å². The maximum atomic E-state index is 13.1. The molecule has 0 N–H and O–H groups in total. The molecule has 1 aliphatic heterocycles. The van der Waals surface area contributed by atoms with E-state index in [1.807, 2.05) is 48.5 Å². The Morgan fingerprint density at radius 3 is 1.89 bits per heavy atom. The Kier molecular flexibility index (Phi) is 4.56. The summed E-state index contributed by atoms with van der Waals surface area (Å²) >= 11 is 1.59. The van der Waals surface area contributed by atoms with E-state index in [1.54, 1.807) is 36.9 Å². The maximum absolute atomic E-state index is 13.1. The number of hydrogen-bond acceptors (Lipinski definition) is 4. The first-order valence-electron chi connectivity index (χ1n) is 8.38. The third-order valence-corrected chi connectivity index (χ3v) is 6.79. The van der Waals surface area contributed by atoms with Gasteiger partial charge in [0, 0.05) is 20.9 Å². The van der Waals surface area contributed by atoms with Gasteiger partial charge in [0.05, 0.1) is 4.90 Å². The molecule has 0 aromatic heterocycles. The molecule has 27 heavy (non-hydrogen) atoms. The van der Waals surface area contributed by atoms with Crippen molar-refractivity contribution in [1.82, 2.24) is 0 Å². The molecule has 0 unspecified atom stereocenters. The summed E-state index contributed by atoms with van der Waals surface area (Å²) in [5, 5.41) is 0. The van der Waals surface area contributed by atoms with Crippen LogP contribution in [-0.2, 0) is 19.9 Å². The zero-order valence-electron chi connectivity index (χ0n) is 14.5. The molecule has 0 spiro atoms. The van der Waals surface area contributed by atoms with Crippen molar-refractivity contribution < 1.29 is 12.6 Å². The van der Waals surface area contributed by atoms with Gasteiger partial charge in [-0.15, -0.1) is 5.92 Å². The molecule has 0 amide bonds. The van der Waals surface area contributed by atoms with Crippen molar-refractivity contribution in [3.8, 4) is 11.8 Å². The lowest BCUT2D eigenvalue weighted by molar-refractivity contribution is 0.176. The third-order valence-electron chi connectivity index (χ3n) is 4.32. The van der Waals surface area contributed by atoms with Crippen LogP contribution in [0.1, 0.15) is 18.1 Å². The van der Waals surface area contributed by atoms with E-state index in [2.05, 4.69) is 11.8 Å². The summed E-state index contributed by atoms with van der Waals surface area (Å²) in [4.78, 5) is 1.97. The first kappa shape index (κ1) is 17.9. The molecular formula is C22H16O3S2. The first-order valence-corrected chi connectivity index (χ1v) is 10.6. The molecule has 5 heteroatoms. The minimum atomic E-state index is -4.04. The second-order valence-corrected chi connectivity index (χ2v) is 8.63. The molecule has 0 fully saturated rings. The molecule has 3 aromatic rings. The lowest BCUT2D eigenvalue weighted by Gasteiger charge is -2.35. The summed E-state index contributed by atoms with van der Waals surface area (Å²) in [6.07, 6.45) is 0. The maximum Gasteiger partial charge on any atom is 0.299 e. The molecule has 0 saturated carbocycles. The van der Waals surface area contributed by atoms with Gasteiger partial charge in [-0.3, -0.25) is 0 Å². The van der Waals surface area contributed by atoms with Gasteiger partial charge < -0.3 is 0 Å². The van der Waals surface area contributed by atoms with E-state index in [9.17, 15) is 8.42 Å². The quantitative estimate of drug-likeness (QED) is 0.473. The summed E-state index contributed by atoms with van der Waals surface area (Å²) < 4.78 is 32.1. The van der Waals surface area contributed by atoms with Crippen LogP contribution in [0.4, 0.5) is 0 Å². The van der Waals surface area contributed by atoms with Crippen LogP contribution in [-0.4, -0.2) is 8.42 Å². The number of rotatable bonds is 3. The molecule has 0 bridgehead atoms. The second kappa shape index (κ2) is 6.90. The monoisotopic (exact) mass is 392 g/mol. The molecule has 4 rings (SSSR count). The van der Waals surface area contributed by atoms with Crippen LogP contribution in [0.15, 0.2) is 93.5 Å². The standard InChI is InChI=1S/C22H16O3S2/c1-2-16-22(25-27(23,24)17-10-4-3-5-11-17)18-12-6-8-14-20(18)26-21-15-9-7-13-19(21)22/h3-15H,1H3. The lowest BCUT2D eigenvalue weighted by atomic mass is 9.86. The Morgan fingerprint density at radius 2 is 1.33 bits per heavy atom. The minimum absolute atomic E-state index is 0.107. The fourth-order valence-electron chi connectivity index (χ4n) is 3.18. The van der Waals surface area contributed by atoms with Crippen LogP contribution >= 0.6 is 11.8 Å². The van der Waals surface area contributed by atoms with Crippen molar-refractivity contribution in [3.63, 3.8) is 0 Å². The van der Waals surface area contributed by atoms with Crippen molar-refractivity contribution in [2.75, 3.05) is 0 Å². The zero-order chi connectivity index (χ0) is 18.9. The molecule has 0 radical (unpaired) electrons. The molecule has 3 nitrogen and oxygen atoms in total. The van der Waals surface area contributed by atoms with Crippen LogP contribution in [0.25, 0.3) is 0 Å². The van der Waals surface area contributed by atoms with E-state index >= 15 is 0 Å². The fraction of sp³-hybridized carbons (Fsp3) is 0.0909. The predicted octanol–water partition coefficient (Wildman–Crippen LogP) is 4.82. The molecule has 134 valence electrons. The van der Waals surface area contributed by atoms with Crippen LogP contribution in [0.2, 0.25) is 0 Å². The van der Waals surface area contributed by atoms with Crippen LogP contribution in [0.3, 0.4) is 0 Å². The topological polar surface area (TPSA) is 43.4 Å². The van der Waals surface area contributed by atoms with Gasteiger partial charge in [0.1, 0.15) is 0 Å². The Bertz CT molecular complexity index is 1110. The van der Waals surface area contributed by atoms with Gasteiger partial charge in [-0.05, 0) is 31.2 Å². The average Bonchev–Trinajstić information content (AvgIpc) is 2.69. The summed E-state index contributed by atoms with van der Waals surface area (Å²) in [5.41, 5.74) is 0.0899. The minimum Gasteiger partial charge on any atom is -0.236 e. The fourth-order valence-corrected chi connectivity index (χ4v) is 5.49. The molecule has 0 aliphatic carbocycles. The Labute approximate surface area is 163 Å². The summed E-state index contributed by atoms with van der Waals surface area (Å²) in [5.74, 6) is 5.96. The molecule has 0 atom stereocenters. The zero-order valence-corrected chi connectivity index (χ0v) is 16.2. The van der Waals surface area contributed by atoms with Crippen molar-refractivity contribution in [2.24, 2.45) is 0 Å². The molecule has 1 heterocycles. The van der Waals surface area contributed by atoms with Crippen molar-refractivity contribution >= 4 is 21.9 Å². The van der Waals surface area contributed by atoms with E-state index in [1.165, 1.54) is 12.1 Å². The van der Waals surface area contributed by atoms with Gasteiger partial charge in [0.15, 0.2) is 0 Å². The molecule has 1 aliphatic rings. The smallest absolute Gasteiger partial charge is 0.236 e. The summed E-state index contributed by atoms with van der Waals surface area (Å²) in [7, 11) is -4.04. The van der Waals surface area contributed by atoms with Gasteiger partial charge in [-0.2, -0.15) is 8.42 Å². The highest BCUT2D eigenvalue weighted by Crippen LogP contribution is 2.50. The van der Waals surface area contributed by atoms with Crippen molar-refractivity contribution in [2.45, 2.75) is 27.2 Å². The van der Waals surface area contributed by atoms with Gasteiger partial charge in [-0.1, -0.05) is 72.3 Å². The third kappa shape index (κ3) is 3.06. The molecule has 0 saturated heterocycles. The van der Waals surface area contributed by atoms with Crippen LogP contribution < -0.4 is 0 Å². The number of hydrogen-bond donors (Lipinski definition) is 0. The summed E-state index contributed by atoms with van der Waals surface area (Å²) in [6.45, 7) is 1.69. The average molecular weight is 393 g/mol.